The number of aromatic amines is 1. The molecule has 0 aromatic carbocycles. The van der Waals surface area contributed by atoms with E-state index in [1.807, 2.05) is 0 Å². The van der Waals surface area contributed by atoms with Crippen LogP contribution in [0.25, 0.3) is 0 Å². The van der Waals surface area contributed by atoms with Crippen LogP contribution in [-0.2, 0) is 0 Å². The SMILES string of the molecule is O=C(O)c1c(Br)n[nH]c1C1CC1. The topological polar surface area (TPSA) is 66.0 Å². The lowest BCUT2D eigenvalue weighted by molar-refractivity contribution is 0.0694. The van der Waals surface area contributed by atoms with Gasteiger partial charge in [-0.25, -0.2) is 4.79 Å². The second kappa shape index (κ2) is 2.58. The van der Waals surface area contributed by atoms with Crippen LogP contribution in [-0.4, -0.2) is 21.3 Å². The lowest BCUT2D eigenvalue weighted by Gasteiger charge is -1.93. The smallest absolute Gasteiger partial charge is 0.340 e. The number of hydrogen-bond donors (Lipinski definition) is 2. The van der Waals surface area contributed by atoms with Crippen LogP contribution >= 0.6 is 15.9 Å². The minimum Gasteiger partial charge on any atom is -0.478 e. The van der Waals surface area contributed by atoms with Crippen molar-refractivity contribution in [3.05, 3.63) is 15.9 Å². The zero-order valence-corrected chi connectivity index (χ0v) is 7.76. The summed E-state index contributed by atoms with van der Waals surface area (Å²) in [6, 6.07) is 0. The zero-order valence-electron chi connectivity index (χ0n) is 6.17. The summed E-state index contributed by atoms with van der Waals surface area (Å²) >= 11 is 3.09. The molecule has 5 heteroatoms. The number of carboxylic acids is 1. The number of aromatic nitrogens is 2. The van der Waals surface area contributed by atoms with Gasteiger partial charge in [0.05, 0.1) is 5.69 Å². The van der Waals surface area contributed by atoms with Crippen molar-refractivity contribution in [2.75, 3.05) is 0 Å². The minimum absolute atomic E-state index is 0.289. The molecule has 0 aliphatic heterocycles. The van der Waals surface area contributed by atoms with Crippen LogP contribution < -0.4 is 0 Å². The summed E-state index contributed by atoms with van der Waals surface area (Å²) in [7, 11) is 0. The summed E-state index contributed by atoms with van der Waals surface area (Å²) in [6.07, 6.45) is 2.13. The van der Waals surface area contributed by atoms with Crippen molar-refractivity contribution in [2.45, 2.75) is 18.8 Å². The summed E-state index contributed by atoms with van der Waals surface area (Å²) in [5.74, 6) is -0.535. The van der Waals surface area contributed by atoms with Gasteiger partial charge in [-0.1, -0.05) is 0 Å². The normalized spacial score (nSPS) is 16.4. The fourth-order valence-corrected chi connectivity index (χ4v) is 1.67. The second-order valence-corrected chi connectivity index (χ2v) is 3.63. The molecule has 1 aliphatic carbocycles. The van der Waals surface area contributed by atoms with Gasteiger partial charge in [0.1, 0.15) is 10.2 Å². The largest absolute Gasteiger partial charge is 0.478 e. The molecule has 1 fully saturated rings. The van der Waals surface area contributed by atoms with Crippen molar-refractivity contribution >= 4 is 21.9 Å². The highest BCUT2D eigenvalue weighted by Crippen LogP contribution is 2.41. The Balaban J connectivity index is 2.46. The molecule has 1 aliphatic rings. The molecule has 0 unspecified atom stereocenters. The molecular weight excluding hydrogens is 224 g/mol. The Morgan fingerprint density at radius 3 is 2.83 bits per heavy atom. The van der Waals surface area contributed by atoms with Gasteiger partial charge in [-0.2, -0.15) is 5.10 Å². The number of hydrogen-bond acceptors (Lipinski definition) is 2. The first kappa shape index (κ1) is 7.79. The van der Waals surface area contributed by atoms with Crippen molar-refractivity contribution in [3.8, 4) is 0 Å². The molecule has 2 N–H and O–H groups in total. The molecule has 0 atom stereocenters. The first-order chi connectivity index (χ1) is 5.70. The number of nitrogens with zero attached hydrogens (tertiary/aromatic N) is 1. The van der Waals surface area contributed by atoms with Gasteiger partial charge in [-0.15, -0.1) is 0 Å². The van der Waals surface area contributed by atoms with Crippen LogP contribution in [0.3, 0.4) is 0 Å². The maximum Gasteiger partial charge on any atom is 0.340 e. The number of rotatable bonds is 2. The monoisotopic (exact) mass is 230 g/mol. The summed E-state index contributed by atoms with van der Waals surface area (Å²) < 4.78 is 0.400. The number of halogens is 1. The molecule has 0 saturated heterocycles. The molecule has 1 aromatic heterocycles. The van der Waals surface area contributed by atoms with Gasteiger partial charge in [0.15, 0.2) is 0 Å². The summed E-state index contributed by atoms with van der Waals surface area (Å²) in [5.41, 5.74) is 1.05. The van der Waals surface area contributed by atoms with E-state index in [4.69, 9.17) is 5.11 Å². The molecule has 0 bridgehead atoms. The Labute approximate surface area is 77.1 Å². The summed E-state index contributed by atoms with van der Waals surface area (Å²) in [4.78, 5) is 10.7. The van der Waals surface area contributed by atoms with E-state index in [2.05, 4.69) is 26.1 Å². The van der Waals surface area contributed by atoms with E-state index >= 15 is 0 Å². The van der Waals surface area contributed by atoms with E-state index < -0.39 is 5.97 Å². The van der Waals surface area contributed by atoms with Gasteiger partial charge in [0.25, 0.3) is 0 Å². The number of carbonyl (C=O) groups is 1. The maximum absolute atomic E-state index is 10.7. The summed E-state index contributed by atoms with van der Waals surface area (Å²) in [5, 5.41) is 15.4. The van der Waals surface area contributed by atoms with E-state index in [-0.39, 0.29) is 5.56 Å². The van der Waals surface area contributed by atoms with Crippen LogP contribution in [0.15, 0.2) is 4.60 Å². The van der Waals surface area contributed by atoms with E-state index in [0.717, 1.165) is 18.5 Å². The third-order valence-corrected chi connectivity index (χ3v) is 2.52. The average molecular weight is 231 g/mol. The molecule has 2 rings (SSSR count). The van der Waals surface area contributed by atoms with E-state index in [9.17, 15) is 4.79 Å². The first-order valence-corrected chi connectivity index (χ1v) is 4.46. The molecule has 1 saturated carbocycles. The van der Waals surface area contributed by atoms with Gasteiger partial charge in [0, 0.05) is 5.92 Å². The highest BCUT2D eigenvalue weighted by Gasteiger charge is 2.31. The van der Waals surface area contributed by atoms with Gasteiger partial charge in [0.2, 0.25) is 0 Å². The number of H-pyrrole nitrogens is 1. The average Bonchev–Trinajstić information content (AvgIpc) is 2.75. The predicted octanol–water partition coefficient (Wildman–Crippen LogP) is 1.75. The van der Waals surface area contributed by atoms with Crippen molar-refractivity contribution in [1.82, 2.24) is 10.2 Å². The van der Waals surface area contributed by atoms with Crippen LogP contribution in [0.1, 0.15) is 34.8 Å². The second-order valence-electron chi connectivity index (χ2n) is 2.88. The summed E-state index contributed by atoms with van der Waals surface area (Å²) in [6.45, 7) is 0. The highest BCUT2D eigenvalue weighted by molar-refractivity contribution is 9.10. The fraction of sp³-hybridized carbons (Fsp3) is 0.429. The van der Waals surface area contributed by atoms with E-state index in [1.54, 1.807) is 0 Å². The molecule has 4 nitrogen and oxygen atoms in total. The molecule has 12 heavy (non-hydrogen) atoms. The molecule has 1 aromatic rings. The van der Waals surface area contributed by atoms with E-state index in [0.29, 0.717) is 10.5 Å². The van der Waals surface area contributed by atoms with Crippen molar-refractivity contribution < 1.29 is 9.90 Å². The standard InChI is InChI=1S/C7H7BrN2O2/c8-6-4(7(11)12)5(9-10-6)3-1-2-3/h3H,1-2H2,(H,9,10)(H,11,12). The number of nitrogens with one attached hydrogen (secondary N) is 1. The Morgan fingerprint density at radius 2 is 2.33 bits per heavy atom. The minimum atomic E-state index is -0.919. The lowest BCUT2D eigenvalue weighted by atomic mass is 10.2. The van der Waals surface area contributed by atoms with Crippen LogP contribution in [0.2, 0.25) is 0 Å². The fourth-order valence-electron chi connectivity index (χ4n) is 1.20. The Morgan fingerprint density at radius 1 is 1.67 bits per heavy atom. The van der Waals surface area contributed by atoms with Crippen molar-refractivity contribution in [2.24, 2.45) is 0 Å². The van der Waals surface area contributed by atoms with Crippen LogP contribution in [0.5, 0.6) is 0 Å². The van der Waals surface area contributed by atoms with Gasteiger partial charge >= 0.3 is 5.97 Å². The molecule has 64 valence electrons. The molecule has 0 radical (unpaired) electrons. The molecule has 1 heterocycles. The van der Waals surface area contributed by atoms with Crippen LogP contribution in [0.4, 0.5) is 0 Å². The third-order valence-electron chi connectivity index (χ3n) is 1.95. The highest BCUT2D eigenvalue weighted by atomic mass is 79.9. The zero-order chi connectivity index (χ0) is 8.72. The third kappa shape index (κ3) is 1.14. The van der Waals surface area contributed by atoms with Crippen molar-refractivity contribution in [1.29, 1.82) is 0 Å². The van der Waals surface area contributed by atoms with Gasteiger partial charge < -0.3 is 5.11 Å². The maximum atomic E-state index is 10.7. The van der Waals surface area contributed by atoms with Gasteiger partial charge in [-0.3, -0.25) is 5.10 Å². The lowest BCUT2D eigenvalue weighted by Crippen LogP contribution is -1.99. The van der Waals surface area contributed by atoms with E-state index in [1.165, 1.54) is 0 Å². The molecular formula is C7H7BrN2O2. The molecule has 0 spiro atoms. The van der Waals surface area contributed by atoms with Crippen molar-refractivity contribution in [3.63, 3.8) is 0 Å². The molecule has 0 amide bonds. The Hall–Kier alpha value is -0.840. The first-order valence-electron chi connectivity index (χ1n) is 3.67. The number of carboxylic acid groups (broad SMARTS) is 1. The Kier molecular flexibility index (Phi) is 1.68. The van der Waals surface area contributed by atoms with Gasteiger partial charge in [-0.05, 0) is 28.8 Å². The van der Waals surface area contributed by atoms with Crippen LogP contribution in [0, 0.1) is 0 Å². The quantitative estimate of drug-likeness (QED) is 0.814. The predicted molar refractivity (Wildman–Crippen MR) is 45.2 cm³/mol. The number of aromatic carboxylic acids is 1. The Bertz CT molecular complexity index is 330.